The first kappa shape index (κ1) is 11.9. The largest absolute Gasteiger partial charge is 0.325 e. The van der Waals surface area contributed by atoms with E-state index >= 15 is 0 Å². The second-order valence-electron chi connectivity index (χ2n) is 4.33. The lowest BCUT2D eigenvalue weighted by atomic mass is 10.1. The maximum atomic E-state index is 6.33. The Balaban J connectivity index is 2.15. The minimum atomic E-state index is 0.336. The molecule has 4 nitrogen and oxygen atoms in total. The molecule has 90 valence electrons. The zero-order valence-electron chi connectivity index (χ0n) is 9.91. The first-order valence-electron chi connectivity index (χ1n) is 5.87. The molecule has 0 unspecified atom stereocenters. The molecule has 1 fully saturated rings. The average Bonchev–Trinajstić information content (AvgIpc) is 2.53. The van der Waals surface area contributed by atoms with E-state index in [4.69, 9.17) is 17.3 Å². The summed E-state index contributed by atoms with van der Waals surface area (Å²) in [6.45, 7) is 7.84. The van der Waals surface area contributed by atoms with Crippen molar-refractivity contribution < 1.29 is 0 Å². The first-order chi connectivity index (χ1) is 7.65. The molecule has 1 aromatic rings. The van der Waals surface area contributed by atoms with Gasteiger partial charge in [0.1, 0.15) is 0 Å². The molecule has 0 bridgehead atoms. The van der Waals surface area contributed by atoms with Crippen LogP contribution in [-0.2, 0) is 19.5 Å². The Labute approximate surface area is 101 Å². The molecule has 16 heavy (non-hydrogen) atoms. The van der Waals surface area contributed by atoms with E-state index in [1.165, 1.54) is 0 Å². The molecular weight excluding hydrogens is 224 g/mol. The second-order valence-corrected chi connectivity index (χ2v) is 4.71. The lowest BCUT2D eigenvalue weighted by Crippen LogP contribution is -2.55. The van der Waals surface area contributed by atoms with E-state index in [0.717, 1.165) is 49.0 Å². The third-order valence-corrected chi connectivity index (χ3v) is 3.49. The summed E-state index contributed by atoms with van der Waals surface area (Å²) in [5.41, 5.74) is 7.90. The molecule has 0 atom stereocenters. The van der Waals surface area contributed by atoms with Crippen LogP contribution in [-0.4, -0.2) is 33.8 Å². The van der Waals surface area contributed by atoms with E-state index in [1.807, 2.05) is 4.68 Å². The molecule has 1 saturated heterocycles. The lowest BCUT2D eigenvalue weighted by molar-refractivity contribution is 0.138. The van der Waals surface area contributed by atoms with Crippen molar-refractivity contribution in [1.29, 1.82) is 0 Å². The van der Waals surface area contributed by atoms with Crippen LogP contribution in [0, 0.1) is 0 Å². The highest BCUT2D eigenvalue weighted by Crippen LogP contribution is 2.24. The van der Waals surface area contributed by atoms with Crippen LogP contribution >= 0.6 is 11.6 Å². The SMILES string of the molecule is CCc1nn(CC)c(CN2CC(N)C2)c1Cl. The Bertz CT molecular complexity index is 368. The molecule has 0 spiro atoms. The van der Waals surface area contributed by atoms with Crippen LogP contribution in [0.4, 0.5) is 0 Å². The van der Waals surface area contributed by atoms with Crippen LogP contribution in [0.25, 0.3) is 0 Å². The lowest BCUT2D eigenvalue weighted by Gasteiger charge is -2.36. The van der Waals surface area contributed by atoms with Crippen molar-refractivity contribution in [1.82, 2.24) is 14.7 Å². The zero-order valence-corrected chi connectivity index (χ0v) is 10.7. The molecule has 0 aliphatic carbocycles. The Morgan fingerprint density at radius 2 is 2.12 bits per heavy atom. The topological polar surface area (TPSA) is 47.1 Å². The molecule has 1 aliphatic rings. The van der Waals surface area contributed by atoms with Gasteiger partial charge in [-0.2, -0.15) is 5.10 Å². The fourth-order valence-electron chi connectivity index (χ4n) is 2.12. The minimum Gasteiger partial charge on any atom is -0.325 e. The maximum absolute atomic E-state index is 6.33. The van der Waals surface area contributed by atoms with Crippen molar-refractivity contribution in [2.24, 2.45) is 5.73 Å². The van der Waals surface area contributed by atoms with Gasteiger partial charge in [-0.1, -0.05) is 18.5 Å². The molecule has 0 aromatic carbocycles. The standard InChI is InChI=1S/C11H19ClN4/c1-3-9-11(12)10(16(4-2)14-9)7-15-5-8(13)6-15/h8H,3-7,13H2,1-2H3. The highest BCUT2D eigenvalue weighted by Gasteiger charge is 2.25. The van der Waals surface area contributed by atoms with Crippen molar-refractivity contribution in [3.63, 3.8) is 0 Å². The Hall–Kier alpha value is -0.580. The smallest absolute Gasteiger partial charge is 0.0863 e. The number of nitrogens with two attached hydrogens (primary N) is 1. The van der Waals surface area contributed by atoms with Gasteiger partial charge in [0.05, 0.1) is 16.4 Å². The summed E-state index contributed by atoms with van der Waals surface area (Å²) < 4.78 is 2.00. The molecule has 0 amide bonds. The summed E-state index contributed by atoms with van der Waals surface area (Å²) in [6, 6.07) is 0.336. The van der Waals surface area contributed by atoms with Gasteiger partial charge in [-0.15, -0.1) is 0 Å². The van der Waals surface area contributed by atoms with E-state index in [-0.39, 0.29) is 0 Å². The summed E-state index contributed by atoms with van der Waals surface area (Å²) in [4.78, 5) is 2.30. The molecule has 2 N–H and O–H groups in total. The third kappa shape index (κ3) is 2.10. The highest BCUT2D eigenvalue weighted by atomic mass is 35.5. The number of likely N-dealkylation sites (tertiary alicyclic amines) is 1. The van der Waals surface area contributed by atoms with Gasteiger partial charge in [-0.25, -0.2) is 0 Å². The molecular formula is C11H19ClN4. The predicted octanol–water partition coefficient (Wildman–Crippen LogP) is 1.26. The van der Waals surface area contributed by atoms with Crippen molar-refractivity contribution in [3.05, 3.63) is 16.4 Å². The predicted molar refractivity (Wildman–Crippen MR) is 65.5 cm³/mol. The van der Waals surface area contributed by atoms with Crippen molar-refractivity contribution in [2.75, 3.05) is 13.1 Å². The first-order valence-corrected chi connectivity index (χ1v) is 6.25. The quantitative estimate of drug-likeness (QED) is 0.865. The third-order valence-electron chi connectivity index (χ3n) is 3.05. The van der Waals surface area contributed by atoms with Crippen molar-refractivity contribution in [2.45, 2.75) is 39.4 Å². The van der Waals surface area contributed by atoms with Crippen molar-refractivity contribution in [3.8, 4) is 0 Å². The van der Waals surface area contributed by atoms with E-state index in [9.17, 15) is 0 Å². The van der Waals surface area contributed by atoms with E-state index < -0.39 is 0 Å². The fraction of sp³-hybridized carbons (Fsp3) is 0.727. The van der Waals surface area contributed by atoms with Crippen LogP contribution in [0.3, 0.4) is 0 Å². The molecule has 0 saturated carbocycles. The van der Waals surface area contributed by atoms with Crippen LogP contribution in [0.1, 0.15) is 25.2 Å². The van der Waals surface area contributed by atoms with Crippen molar-refractivity contribution >= 4 is 11.6 Å². The monoisotopic (exact) mass is 242 g/mol. The Morgan fingerprint density at radius 3 is 2.62 bits per heavy atom. The normalized spacial score (nSPS) is 17.8. The van der Waals surface area contributed by atoms with Gasteiger partial charge in [0.15, 0.2) is 0 Å². The van der Waals surface area contributed by atoms with Crippen LogP contribution in [0.15, 0.2) is 0 Å². The van der Waals surface area contributed by atoms with Crippen LogP contribution < -0.4 is 5.73 Å². The molecule has 2 heterocycles. The van der Waals surface area contributed by atoms with Gasteiger partial charge in [-0.05, 0) is 13.3 Å². The molecule has 0 radical (unpaired) electrons. The number of rotatable bonds is 4. The van der Waals surface area contributed by atoms with Gasteiger partial charge in [-0.3, -0.25) is 9.58 Å². The van der Waals surface area contributed by atoms with Gasteiger partial charge < -0.3 is 5.73 Å². The Morgan fingerprint density at radius 1 is 1.44 bits per heavy atom. The number of hydrogen-bond donors (Lipinski definition) is 1. The average molecular weight is 243 g/mol. The molecule has 1 aliphatic heterocycles. The summed E-state index contributed by atoms with van der Waals surface area (Å²) in [7, 11) is 0. The van der Waals surface area contributed by atoms with Crippen LogP contribution in [0.5, 0.6) is 0 Å². The number of aromatic nitrogens is 2. The van der Waals surface area contributed by atoms with Gasteiger partial charge in [0.25, 0.3) is 0 Å². The number of aryl methyl sites for hydroxylation is 2. The summed E-state index contributed by atoms with van der Waals surface area (Å²) in [5, 5.41) is 5.34. The number of halogens is 1. The van der Waals surface area contributed by atoms with E-state index in [0.29, 0.717) is 6.04 Å². The van der Waals surface area contributed by atoms with Gasteiger partial charge in [0.2, 0.25) is 0 Å². The van der Waals surface area contributed by atoms with E-state index in [1.54, 1.807) is 0 Å². The summed E-state index contributed by atoms with van der Waals surface area (Å²) in [6.07, 6.45) is 0.887. The van der Waals surface area contributed by atoms with Crippen LogP contribution in [0.2, 0.25) is 5.02 Å². The molecule has 1 aromatic heterocycles. The second kappa shape index (κ2) is 4.73. The van der Waals surface area contributed by atoms with Gasteiger partial charge in [0, 0.05) is 32.2 Å². The number of hydrogen-bond acceptors (Lipinski definition) is 3. The minimum absolute atomic E-state index is 0.336. The maximum Gasteiger partial charge on any atom is 0.0863 e. The molecule has 5 heteroatoms. The summed E-state index contributed by atoms with van der Waals surface area (Å²) >= 11 is 6.33. The highest BCUT2D eigenvalue weighted by molar-refractivity contribution is 6.31. The van der Waals surface area contributed by atoms with Gasteiger partial charge >= 0.3 is 0 Å². The molecule has 2 rings (SSSR count). The zero-order chi connectivity index (χ0) is 11.7. The number of nitrogens with zero attached hydrogens (tertiary/aromatic N) is 3. The fourth-order valence-corrected chi connectivity index (χ4v) is 2.45. The summed E-state index contributed by atoms with van der Waals surface area (Å²) in [5.74, 6) is 0. The Kier molecular flexibility index (Phi) is 3.52. The van der Waals surface area contributed by atoms with E-state index in [2.05, 4.69) is 23.8 Å².